The highest BCUT2D eigenvalue weighted by molar-refractivity contribution is 7.99. The third kappa shape index (κ3) is 5.07. The van der Waals surface area contributed by atoms with Crippen molar-refractivity contribution < 1.29 is 9.53 Å². The van der Waals surface area contributed by atoms with Gasteiger partial charge in [-0.1, -0.05) is 6.92 Å². The zero-order valence-electron chi connectivity index (χ0n) is 13.2. The normalized spacial score (nSPS) is 20.6. The molecule has 6 heteroatoms. The SMILES string of the molecule is COc1ccc(SCCC(=O)N2CCC(C)(CN)C2)cc1.Cl. The predicted molar refractivity (Wildman–Crippen MR) is 93.9 cm³/mol. The number of benzene rings is 1. The molecule has 1 aliphatic heterocycles. The Kier molecular flexibility index (Phi) is 7.53. The van der Waals surface area contributed by atoms with E-state index in [-0.39, 0.29) is 23.7 Å². The first-order valence-electron chi connectivity index (χ1n) is 7.31. The highest BCUT2D eigenvalue weighted by Crippen LogP contribution is 2.29. The van der Waals surface area contributed by atoms with Gasteiger partial charge in [-0.05, 0) is 42.6 Å². The van der Waals surface area contributed by atoms with Gasteiger partial charge in [0.05, 0.1) is 7.11 Å². The van der Waals surface area contributed by atoms with Gasteiger partial charge in [-0.15, -0.1) is 24.2 Å². The van der Waals surface area contributed by atoms with Crippen LogP contribution in [0.2, 0.25) is 0 Å². The number of rotatable bonds is 6. The number of nitrogens with zero attached hydrogens (tertiary/aromatic N) is 1. The van der Waals surface area contributed by atoms with Crippen LogP contribution in [-0.4, -0.2) is 43.3 Å². The second-order valence-electron chi connectivity index (χ2n) is 5.85. The van der Waals surface area contributed by atoms with Crippen molar-refractivity contribution in [3.05, 3.63) is 24.3 Å². The Morgan fingerprint density at radius 2 is 2.09 bits per heavy atom. The average molecular weight is 345 g/mol. The Balaban J connectivity index is 0.00000242. The monoisotopic (exact) mass is 344 g/mol. The summed E-state index contributed by atoms with van der Waals surface area (Å²) in [6, 6.07) is 7.93. The van der Waals surface area contributed by atoms with E-state index in [9.17, 15) is 4.79 Å². The molecule has 1 atom stereocenters. The lowest BCUT2D eigenvalue weighted by molar-refractivity contribution is -0.130. The predicted octanol–water partition coefficient (Wildman–Crippen LogP) is 2.80. The van der Waals surface area contributed by atoms with Crippen LogP contribution in [0.5, 0.6) is 5.75 Å². The minimum atomic E-state index is 0. The second kappa shape index (κ2) is 8.65. The lowest BCUT2D eigenvalue weighted by Gasteiger charge is -2.22. The van der Waals surface area contributed by atoms with Gasteiger partial charge in [-0.25, -0.2) is 0 Å². The van der Waals surface area contributed by atoms with Crippen molar-refractivity contribution >= 4 is 30.1 Å². The van der Waals surface area contributed by atoms with E-state index in [4.69, 9.17) is 10.5 Å². The lowest BCUT2D eigenvalue weighted by Crippen LogP contribution is -2.34. The maximum Gasteiger partial charge on any atom is 0.223 e. The fourth-order valence-electron chi connectivity index (χ4n) is 2.49. The van der Waals surface area contributed by atoms with Gasteiger partial charge in [0.15, 0.2) is 0 Å². The number of amides is 1. The molecule has 1 amide bonds. The van der Waals surface area contributed by atoms with Crippen molar-refractivity contribution in [1.82, 2.24) is 4.90 Å². The van der Waals surface area contributed by atoms with E-state index in [0.717, 1.165) is 35.9 Å². The summed E-state index contributed by atoms with van der Waals surface area (Å²) in [4.78, 5) is 15.3. The van der Waals surface area contributed by atoms with Crippen LogP contribution in [0.4, 0.5) is 0 Å². The van der Waals surface area contributed by atoms with Crippen molar-refractivity contribution in [2.75, 3.05) is 32.5 Å². The van der Waals surface area contributed by atoms with E-state index < -0.39 is 0 Å². The van der Waals surface area contributed by atoms with Crippen molar-refractivity contribution in [2.24, 2.45) is 11.1 Å². The van der Waals surface area contributed by atoms with Crippen LogP contribution in [0, 0.1) is 5.41 Å². The number of thioether (sulfide) groups is 1. The van der Waals surface area contributed by atoms with Crippen LogP contribution in [0.15, 0.2) is 29.2 Å². The molecule has 22 heavy (non-hydrogen) atoms. The van der Waals surface area contributed by atoms with Crippen molar-refractivity contribution in [3.8, 4) is 5.75 Å². The number of methoxy groups -OCH3 is 1. The summed E-state index contributed by atoms with van der Waals surface area (Å²) in [5, 5.41) is 0. The summed E-state index contributed by atoms with van der Waals surface area (Å²) in [6.07, 6.45) is 1.60. The molecule has 1 saturated heterocycles. The minimum absolute atomic E-state index is 0. The molecule has 2 rings (SSSR count). The minimum Gasteiger partial charge on any atom is -0.497 e. The molecule has 1 aromatic rings. The molecule has 1 aromatic carbocycles. The molecule has 124 valence electrons. The number of halogens is 1. The number of carbonyl (C=O) groups is 1. The van der Waals surface area contributed by atoms with Crippen molar-refractivity contribution in [2.45, 2.75) is 24.7 Å². The van der Waals surface area contributed by atoms with Crippen LogP contribution in [0.1, 0.15) is 19.8 Å². The Morgan fingerprint density at radius 1 is 1.41 bits per heavy atom. The molecule has 0 saturated carbocycles. The molecule has 0 bridgehead atoms. The molecular formula is C16H25ClN2O2S. The van der Waals surface area contributed by atoms with Gasteiger partial charge in [-0.3, -0.25) is 4.79 Å². The molecule has 0 aromatic heterocycles. The largest absolute Gasteiger partial charge is 0.497 e. The molecular weight excluding hydrogens is 320 g/mol. The van der Waals surface area contributed by atoms with Crippen LogP contribution in [-0.2, 0) is 4.79 Å². The van der Waals surface area contributed by atoms with Gasteiger partial charge >= 0.3 is 0 Å². The van der Waals surface area contributed by atoms with E-state index in [1.807, 2.05) is 29.2 Å². The second-order valence-corrected chi connectivity index (χ2v) is 7.02. The smallest absolute Gasteiger partial charge is 0.223 e. The molecule has 2 N–H and O–H groups in total. The summed E-state index contributed by atoms with van der Waals surface area (Å²) >= 11 is 1.70. The first-order valence-corrected chi connectivity index (χ1v) is 8.29. The molecule has 0 spiro atoms. The van der Waals surface area contributed by atoms with Crippen LogP contribution in [0.3, 0.4) is 0 Å². The van der Waals surface area contributed by atoms with E-state index in [1.165, 1.54) is 0 Å². The van der Waals surface area contributed by atoms with E-state index in [2.05, 4.69) is 6.92 Å². The fourth-order valence-corrected chi connectivity index (χ4v) is 3.33. The number of hydrogen-bond acceptors (Lipinski definition) is 4. The molecule has 0 aliphatic carbocycles. The fraction of sp³-hybridized carbons (Fsp3) is 0.562. The molecule has 4 nitrogen and oxygen atoms in total. The van der Waals surface area contributed by atoms with Gasteiger partial charge in [0.25, 0.3) is 0 Å². The number of likely N-dealkylation sites (tertiary alicyclic amines) is 1. The van der Waals surface area contributed by atoms with E-state index in [0.29, 0.717) is 13.0 Å². The summed E-state index contributed by atoms with van der Waals surface area (Å²) in [7, 11) is 1.66. The number of nitrogens with two attached hydrogens (primary N) is 1. The van der Waals surface area contributed by atoms with Crippen LogP contribution in [0.25, 0.3) is 0 Å². The third-order valence-electron chi connectivity index (χ3n) is 4.05. The van der Waals surface area contributed by atoms with Crippen LogP contribution >= 0.6 is 24.2 Å². The highest BCUT2D eigenvalue weighted by atomic mass is 35.5. The van der Waals surface area contributed by atoms with Gasteiger partial charge in [-0.2, -0.15) is 0 Å². The first kappa shape index (κ1) is 19.1. The van der Waals surface area contributed by atoms with Gasteiger partial charge in [0.1, 0.15) is 5.75 Å². The molecule has 1 aliphatic rings. The van der Waals surface area contributed by atoms with Crippen molar-refractivity contribution in [1.29, 1.82) is 0 Å². The quantitative estimate of drug-likeness (QED) is 0.806. The summed E-state index contributed by atoms with van der Waals surface area (Å²) < 4.78 is 5.13. The number of carbonyl (C=O) groups excluding carboxylic acids is 1. The molecule has 1 unspecified atom stereocenters. The molecule has 1 fully saturated rings. The topological polar surface area (TPSA) is 55.6 Å². The van der Waals surface area contributed by atoms with E-state index >= 15 is 0 Å². The molecule has 0 radical (unpaired) electrons. The third-order valence-corrected chi connectivity index (χ3v) is 5.06. The molecule has 1 heterocycles. The average Bonchev–Trinajstić information content (AvgIpc) is 2.91. The highest BCUT2D eigenvalue weighted by Gasteiger charge is 2.34. The van der Waals surface area contributed by atoms with Gasteiger partial charge in [0.2, 0.25) is 5.91 Å². The van der Waals surface area contributed by atoms with Gasteiger partial charge in [0, 0.05) is 30.2 Å². The summed E-state index contributed by atoms with van der Waals surface area (Å²) in [6.45, 7) is 4.46. The Labute approximate surface area is 143 Å². The first-order chi connectivity index (χ1) is 10.1. The van der Waals surface area contributed by atoms with E-state index in [1.54, 1.807) is 18.9 Å². The Morgan fingerprint density at radius 3 is 2.64 bits per heavy atom. The Bertz CT molecular complexity index is 484. The van der Waals surface area contributed by atoms with Crippen molar-refractivity contribution in [3.63, 3.8) is 0 Å². The summed E-state index contributed by atoms with van der Waals surface area (Å²) in [5.41, 5.74) is 5.89. The lowest BCUT2D eigenvalue weighted by atomic mass is 9.90. The van der Waals surface area contributed by atoms with Crippen LogP contribution < -0.4 is 10.5 Å². The summed E-state index contributed by atoms with van der Waals surface area (Å²) in [5.74, 6) is 1.91. The number of hydrogen-bond donors (Lipinski definition) is 1. The maximum atomic E-state index is 12.2. The maximum absolute atomic E-state index is 12.2. The zero-order valence-corrected chi connectivity index (χ0v) is 14.8. The standard InChI is InChI=1S/C16H24N2O2S.ClH/c1-16(11-17)8-9-18(12-16)15(19)7-10-21-14-5-3-13(20-2)4-6-14;/h3-6H,7-12,17H2,1-2H3;1H. The zero-order chi connectivity index (χ0) is 15.3. The Hall–Kier alpha value is -0.910. The van der Waals surface area contributed by atoms with Gasteiger partial charge < -0.3 is 15.4 Å². The number of ether oxygens (including phenoxy) is 1.